The molecular weight excluding hydrogens is 268 g/mol. The van der Waals surface area contributed by atoms with Crippen molar-refractivity contribution in [2.75, 3.05) is 0 Å². The smallest absolute Gasteiger partial charge is 0.254 e. The molecule has 3 heterocycles. The molecule has 1 amide bonds. The normalized spacial score (nSPS) is 10.5. The van der Waals surface area contributed by atoms with Crippen LogP contribution in [-0.4, -0.2) is 25.5 Å². The quantitative estimate of drug-likeness (QED) is 0.753. The van der Waals surface area contributed by atoms with Crippen LogP contribution in [0.25, 0.3) is 16.9 Å². The van der Waals surface area contributed by atoms with Crippen LogP contribution in [0.15, 0.2) is 30.6 Å². The molecule has 21 heavy (non-hydrogen) atoms. The van der Waals surface area contributed by atoms with Gasteiger partial charge in [0, 0.05) is 17.5 Å². The third-order valence-corrected chi connectivity index (χ3v) is 3.10. The van der Waals surface area contributed by atoms with Crippen molar-refractivity contribution in [2.45, 2.75) is 6.92 Å². The maximum absolute atomic E-state index is 11.4. The van der Waals surface area contributed by atoms with Gasteiger partial charge in [-0.1, -0.05) is 0 Å². The number of hydrogen-bond donors (Lipinski definition) is 1. The lowest BCUT2D eigenvalue weighted by Crippen LogP contribution is -2.11. The third kappa shape index (κ3) is 1.99. The number of hydrogen-bond acceptors (Lipinski definition) is 5. The van der Waals surface area contributed by atoms with Crippen molar-refractivity contribution in [1.29, 1.82) is 5.26 Å². The van der Waals surface area contributed by atoms with Gasteiger partial charge in [0.15, 0.2) is 5.65 Å². The molecular formula is C14H10N6O. The molecule has 0 aliphatic rings. The van der Waals surface area contributed by atoms with Gasteiger partial charge in [-0.3, -0.25) is 4.79 Å². The molecule has 7 nitrogen and oxygen atoms in total. The Bertz CT molecular complexity index is 905. The van der Waals surface area contributed by atoms with Crippen molar-refractivity contribution in [1.82, 2.24) is 19.6 Å². The molecule has 0 aromatic carbocycles. The Labute approximate surface area is 119 Å². The van der Waals surface area contributed by atoms with Crippen LogP contribution >= 0.6 is 0 Å². The van der Waals surface area contributed by atoms with Crippen molar-refractivity contribution >= 4 is 11.6 Å². The Kier molecular flexibility index (Phi) is 2.84. The molecule has 0 radical (unpaired) electrons. The van der Waals surface area contributed by atoms with E-state index in [4.69, 9.17) is 11.0 Å². The zero-order valence-electron chi connectivity index (χ0n) is 11.1. The van der Waals surface area contributed by atoms with Gasteiger partial charge < -0.3 is 5.73 Å². The number of pyridine rings is 1. The molecule has 7 heteroatoms. The van der Waals surface area contributed by atoms with E-state index in [9.17, 15) is 4.79 Å². The lowest BCUT2D eigenvalue weighted by molar-refractivity contribution is 0.100. The van der Waals surface area contributed by atoms with Crippen LogP contribution < -0.4 is 5.73 Å². The zero-order valence-corrected chi connectivity index (χ0v) is 11.1. The maximum atomic E-state index is 11.4. The highest BCUT2D eigenvalue weighted by Gasteiger charge is 2.15. The fraction of sp³-hybridized carbons (Fsp3) is 0.0714. The fourth-order valence-corrected chi connectivity index (χ4v) is 2.13. The van der Waals surface area contributed by atoms with Gasteiger partial charge in [-0.25, -0.2) is 14.5 Å². The monoisotopic (exact) mass is 278 g/mol. The molecule has 0 aliphatic carbocycles. The van der Waals surface area contributed by atoms with Crippen molar-refractivity contribution in [3.63, 3.8) is 0 Å². The maximum Gasteiger partial charge on any atom is 0.254 e. The van der Waals surface area contributed by atoms with Gasteiger partial charge in [-0.2, -0.15) is 10.4 Å². The van der Waals surface area contributed by atoms with Crippen LogP contribution in [0.4, 0.5) is 0 Å². The summed E-state index contributed by atoms with van der Waals surface area (Å²) in [5.41, 5.74) is 8.12. The van der Waals surface area contributed by atoms with E-state index in [1.165, 1.54) is 10.7 Å². The molecule has 0 saturated heterocycles. The number of carbonyl (C=O) groups is 1. The van der Waals surface area contributed by atoms with Gasteiger partial charge >= 0.3 is 0 Å². The largest absolute Gasteiger partial charge is 0.365 e. The van der Waals surface area contributed by atoms with Gasteiger partial charge in [-0.15, -0.1) is 0 Å². The summed E-state index contributed by atoms with van der Waals surface area (Å²) < 4.78 is 1.53. The molecule has 3 aromatic heterocycles. The van der Waals surface area contributed by atoms with Crippen molar-refractivity contribution in [3.8, 4) is 17.3 Å². The number of nitrogens with zero attached hydrogens (tertiary/aromatic N) is 5. The standard InChI is InChI=1S/C14H10N6O/c1-8-5-11(9-3-2-4-17-12(9)6-15)19-14-10(13(16)21)7-18-20(8)14/h2-5,7H,1H3,(H2,16,21). The third-order valence-electron chi connectivity index (χ3n) is 3.10. The number of primary amides is 1. The SMILES string of the molecule is Cc1cc(-c2cccnc2C#N)nc2c(C(N)=O)cnn12. The second-order valence-corrected chi connectivity index (χ2v) is 4.45. The van der Waals surface area contributed by atoms with Gasteiger partial charge in [0.1, 0.15) is 17.3 Å². The Morgan fingerprint density at radius 1 is 1.48 bits per heavy atom. The molecule has 102 valence electrons. The van der Waals surface area contributed by atoms with E-state index in [2.05, 4.69) is 15.1 Å². The highest BCUT2D eigenvalue weighted by atomic mass is 16.1. The predicted octanol–water partition coefficient (Wildman–Crippen LogP) is 1.07. The number of nitrogens with two attached hydrogens (primary N) is 1. The second-order valence-electron chi connectivity index (χ2n) is 4.45. The lowest BCUT2D eigenvalue weighted by atomic mass is 10.1. The molecule has 0 bridgehead atoms. The van der Waals surface area contributed by atoms with E-state index in [1.807, 2.05) is 13.0 Å². The average molecular weight is 278 g/mol. The highest BCUT2D eigenvalue weighted by molar-refractivity contribution is 5.98. The number of amides is 1. The highest BCUT2D eigenvalue weighted by Crippen LogP contribution is 2.22. The molecule has 2 N–H and O–H groups in total. The Morgan fingerprint density at radius 2 is 2.29 bits per heavy atom. The van der Waals surface area contributed by atoms with Crippen LogP contribution in [-0.2, 0) is 0 Å². The summed E-state index contributed by atoms with van der Waals surface area (Å²) in [5, 5.41) is 13.2. The van der Waals surface area contributed by atoms with Crippen LogP contribution in [0.5, 0.6) is 0 Å². The van der Waals surface area contributed by atoms with Crippen LogP contribution in [0.2, 0.25) is 0 Å². The molecule has 0 spiro atoms. The summed E-state index contributed by atoms with van der Waals surface area (Å²) in [6.45, 7) is 1.83. The minimum atomic E-state index is -0.597. The lowest BCUT2D eigenvalue weighted by Gasteiger charge is -2.06. The summed E-state index contributed by atoms with van der Waals surface area (Å²) in [4.78, 5) is 19.8. The number of aryl methyl sites for hydroxylation is 1. The first-order valence-corrected chi connectivity index (χ1v) is 6.12. The van der Waals surface area contributed by atoms with Gasteiger partial charge in [0.2, 0.25) is 0 Å². The van der Waals surface area contributed by atoms with Gasteiger partial charge in [0.25, 0.3) is 5.91 Å². The van der Waals surface area contributed by atoms with Crippen molar-refractivity contribution < 1.29 is 4.79 Å². The summed E-state index contributed by atoms with van der Waals surface area (Å²) in [5.74, 6) is -0.597. The summed E-state index contributed by atoms with van der Waals surface area (Å²) in [6.07, 6.45) is 2.93. The summed E-state index contributed by atoms with van der Waals surface area (Å²) in [7, 11) is 0. The molecule has 0 aliphatic heterocycles. The fourth-order valence-electron chi connectivity index (χ4n) is 2.13. The number of fused-ring (bicyclic) bond motifs is 1. The number of carbonyl (C=O) groups excluding carboxylic acids is 1. The minimum Gasteiger partial charge on any atom is -0.365 e. The van der Waals surface area contributed by atoms with E-state index in [-0.39, 0.29) is 11.3 Å². The van der Waals surface area contributed by atoms with Crippen LogP contribution in [0, 0.1) is 18.3 Å². The number of nitriles is 1. The first-order valence-electron chi connectivity index (χ1n) is 6.12. The summed E-state index contributed by atoms with van der Waals surface area (Å²) in [6, 6.07) is 7.29. The second kappa shape index (κ2) is 4.68. The van der Waals surface area contributed by atoms with Crippen LogP contribution in [0.1, 0.15) is 21.7 Å². The van der Waals surface area contributed by atoms with Crippen LogP contribution in [0.3, 0.4) is 0 Å². The van der Waals surface area contributed by atoms with Crippen molar-refractivity contribution in [3.05, 3.63) is 47.5 Å². The van der Waals surface area contributed by atoms with E-state index in [1.54, 1.807) is 24.4 Å². The van der Waals surface area contributed by atoms with E-state index >= 15 is 0 Å². The molecule has 0 saturated carbocycles. The molecule has 0 unspecified atom stereocenters. The molecule has 0 atom stereocenters. The average Bonchev–Trinajstić information content (AvgIpc) is 2.91. The number of aromatic nitrogens is 4. The van der Waals surface area contributed by atoms with Crippen molar-refractivity contribution in [2.24, 2.45) is 5.73 Å². The Morgan fingerprint density at radius 3 is 3.00 bits per heavy atom. The number of rotatable bonds is 2. The predicted molar refractivity (Wildman–Crippen MR) is 74.2 cm³/mol. The zero-order chi connectivity index (χ0) is 15.0. The van der Waals surface area contributed by atoms with E-state index < -0.39 is 5.91 Å². The summed E-state index contributed by atoms with van der Waals surface area (Å²) >= 11 is 0. The Hall–Kier alpha value is -3.27. The van der Waals surface area contributed by atoms with E-state index in [0.29, 0.717) is 16.9 Å². The molecule has 3 aromatic rings. The molecule has 0 fully saturated rings. The van der Waals surface area contributed by atoms with E-state index in [0.717, 1.165) is 5.69 Å². The first kappa shape index (κ1) is 12.7. The minimum absolute atomic E-state index is 0.238. The first-order chi connectivity index (χ1) is 10.1. The molecule has 3 rings (SSSR count). The van der Waals surface area contributed by atoms with Gasteiger partial charge in [0.05, 0.1) is 11.9 Å². The Balaban J connectivity index is 2.32. The topological polar surface area (TPSA) is 110 Å². The van der Waals surface area contributed by atoms with Gasteiger partial charge in [-0.05, 0) is 25.1 Å².